The van der Waals surface area contributed by atoms with E-state index in [0.29, 0.717) is 5.56 Å². The highest BCUT2D eigenvalue weighted by atomic mass is 16.5. The van der Waals surface area contributed by atoms with Crippen molar-refractivity contribution < 1.29 is 4.74 Å². The van der Waals surface area contributed by atoms with Gasteiger partial charge >= 0.3 is 0 Å². The first kappa shape index (κ1) is 12.8. The van der Waals surface area contributed by atoms with Crippen molar-refractivity contribution in [3.63, 3.8) is 0 Å². The third-order valence-corrected chi connectivity index (χ3v) is 3.73. The average molecular weight is 244 g/mol. The van der Waals surface area contributed by atoms with Gasteiger partial charge in [0, 0.05) is 12.6 Å². The van der Waals surface area contributed by atoms with Crippen LogP contribution in [0.3, 0.4) is 0 Å². The SMILES string of the molecule is COc1ccc(C#N)c(NCC2CCC(C)C2)c1. The maximum absolute atomic E-state index is 9.09. The van der Waals surface area contributed by atoms with E-state index in [1.807, 2.05) is 12.1 Å². The lowest BCUT2D eigenvalue weighted by atomic mass is 10.1. The Balaban J connectivity index is 2.01. The molecule has 3 heteroatoms. The summed E-state index contributed by atoms with van der Waals surface area (Å²) >= 11 is 0. The van der Waals surface area contributed by atoms with Gasteiger partial charge in [-0.1, -0.05) is 13.3 Å². The summed E-state index contributed by atoms with van der Waals surface area (Å²) in [7, 11) is 1.64. The van der Waals surface area contributed by atoms with Crippen molar-refractivity contribution in [2.45, 2.75) is 26.2 Å². The smallest absolute Gasteiger partial charge is 0.121 e. The largest absolute Gasteiger partial charge is 0.497 e. The van der Waals surface area contributed by atoms with Crippen molar-refractivity contribution in [2.24, 2.45) is 11.8 Å². The van der Waals surface area contributed by atoms with Gasteiger partial charge in [-0.05, 0) is 36.8 Å². The minimum atomic E-state index is 0.682. The topological polar surface area (TPSA) is 45.0 Å². The first-order valence-electron chi connectivity index (χ1n) is 6.55. The van der Waals surface area contributed by atoms with Crippen LogP contribution in [0.5, 0.6) is 5.75 Å². The Morgan fingerprint density at radius 3 is 2.89 bits per heavy atom. The molecule has 3 nitrogen and oxygen atoms in total. The fourth-order valence-corrected chi connectivity index (χ4v) is 2.66. The molecule has 96 valence electrons. The Labute approximate surface area is 109 Å². The summed E-state index contributed by atoms with van der Waals surface area (Å²) < 4.78 is 5.19. The second-order valence-corrected chi connectivity index (χ2v) is 5.19. The number of nitriles is 1. The lowest BCUT2D eigenvalue weighted by molar-refractivity contribution is 0.415. The van der Waals surface area contributed by atoms with Gasteiger partial charge in [0.2, 0.25) is 0 Å². The molecular weight excluding hydrogens is 224 g/mol. The number of anilines is 1. The van der Waals surface area contributed by atoms with Gasteiger partial charge in [0.15, 0.2) is 0 Å². The lowest BCUT2D eigenvalue weighted by Gasteiger charge is -2.14. The molecule has 2 rings (SSSR count). The molecule has 1 aliphatic rings. The number of hydrogen-bond donors (Lipinski definition) is 1. The van der Waals surface area contributed by atoms with Gasteiger partial charge in [-0.3, -0.25) is 0 Å². The van der Waals surface area contributed by atoms with E-state index in [1.165, 1.54) is 19.3 Å². The van der Waals surface area contributed by atoms with E-state index in [-0.39, 0.29) is 0 Å². The van der Waals surface area contributed by atoms with Crippen LogP contribution >= 0.6 is 0 Å². The van der Waals surface area contributed by atoms with Crippen molar-refractivity contribution in [1.82, 2.24) is 0 Å². The second-order valence-electron chi connectivity index (χ2n) is 5.19. The lowest BCUT2D eigenvalue weighted by Crippen LogP contribution is -2.12. The number of ether oxygens (including phenoxy) is 1. The number of benzene rings is 1. The number of rotatable bonds is 4. The van der Waals surface area contributed by atoms with E-state index < -0.39 is 0 Å². The van der Waals surface area contributed by atoms with E-state index in [2.05, 4.69) is 18.3 Å². The number of nitrogens with zero attached hydrogens (tertiary/aromatic N) is 1. The highest BCUT2D eigenvalue weighted by Gasteiger charge is 2.21. The molecule has 1 N–H and O–H groups in total. The molecule has 1 aromatic carbocycles. The zero-order chi connectivity index (χ0) is 13.0. The van der Waals surface area contributed by atoms with Crippen molar-refractivity contribution in [3.8, 4) is 11.8 Å². The van der Waals surface area contributed by atoms with Crippen molar-refractivity contribution in [1.29, 1.82) is 5.26 Å². The zero-order valence-electron chi connectivity index (χ0n) is 11.1. The standard InChI is InChI=1S/C15H20N2O/c1-11-3-4-12(7-11)10-17-15-8-14(18-2)6-5-13(15)9-16/h5-6,8,11-12,17H,3-4,7,10H2,1-2H3. The Morgan fingerprint density at radius 2 is 2.28 bits per heavy atom. The summed E-state index contributed by atoms with van der Waals surface area (Å²) in [5.41, 5.74) is 1.57. The Kier molecular flexibility index (Phi) is 4.09. The molecule has 0 aliphatic heterocycles. The van der Waals surface area contributed by atoms with E-state index >= 15 is 0 Å². The summed E-state index contributed by atoms with van der Waals surface area (Å²) in [6, 6.07) is 7.74. The minimum Gasteiger partial charge on any atom is -0.497 e. The monoisotopic (exact) mass is 244 g/mol. The number of nitrogens with one attached hydrogen (secondary N) is 1. The molecule has 1 aromatic rings. The maximum atomic E-state index is 9.09. The molecule has 0 spiro atoms. The molecule has 2 unspecified atom stereocenters. The van der Waals surface area contributed by atoms with Crippen LogP contribution in [-0.2, 0) is 0 Å². The molecule has 0 amide bonds. The van der Waals surface area contributed by atoms with Crippen molar-refractivity contribution in [2.75, 3.05) is 19.0 Å². The fourth-order valence-electron chi connectivity index (χ4n) is 2.66. The van der Waals surface area contributed by atoms with Crippen LogP contribution in [0, 0.1) is 23.2 Å². The fraction of sp³-hybridized carbons (Fsp3) is 0.533. The highest BCUT2D eigenvalue weighted by Crippen LogP contribution is 2.31. The first-order chi connectivity index (χ1) is 8.72. The molecule has 1 saturated carbocycles. The van der Waals surface area contributed by atoms with E-state index in [0.717, 1.165) is 29.8 Å². The van der Waals surface area contributed by atoms with Gasteiger partial charge in [-0.25, -0.2) is 0 Å². The summed E-state index contributed by atoms with van der Waals surface area (Å²) in [5, 5.41) is 12.5. The van der Waals surface area contributed by atoms with E-state index in [1.54, 1.807) is 13.2 Å². The summed E-state index contributed by atoms with van der Waals surface area (Å²) in [5.74, 6) is 2.37. The van der Waals surface area contributed by atoms with E-state index in [9.17, 15) is 0 Å². The summed E-state index contributed by atoms with van der Waals surface area (Å²) in [4.78, 5) is 0. The van der Waals surface area contributed by atoms with Gasteiger partial charge in [-0.2, -0.15) is 5.26 Å². The normalized spacial score (nSPS) is 22.5. The summed E-state index contributed by atoms with van der Waals surface area (Å²) in [6.45, 7) is 3.26. The van der Waals surface area contributed by atoms with Crippen LogP contribution < -0.4 is 10.1 Å². The molecule has 0 saturated heterocycles. The Morgan fingerprint density at radius 1 is 1.44 bits per heavy atom. The molecule has 1 fully saturated rings. The third kappa shape index (κ3) is 2.95. The molecule has 1 aliphatic carbocycles. The van der Waals surface area contributed by atoms with Crippen LogP contribution in [0.4, 0.5) is 5.69 Å². The predicted molar refractivity (Wildman–Crippen MR) is 72.7 cm³/mol. The minimum absolute atomic E-state index is 0.682. The molecule has 0 bridgehead atoms. The average Bonchev–Trinajstić information content (AvgIpc) is 2.81. The van der Waals surface area contributed by atoms with Crippen molar-refractivity contribution >= 4 is 5.69 Å². The van der Waals surface area contributed by atoms with Gasteiger partial charge in [0.05, 0.1) is 18.4 Å². The highest BCUT2D eigenvalue weighted by molar-refractivity contribution is 5.60. The molecule has 2 atom stereocenters. The van der Waals surface area contributed by atoms with Crippen LogP contribution in [0.1, 0.15) is 31.7 Å². The van der Waals surface area contributed by atoms with Crippen LogP contribution in [0.2, 0.25) is 0 Å². The number of hydrogen-bond acceptors (Lipinski definition) is 3. The quantitative estimate of drug-likeness (QED) is 0.882. The second kappa shape index (κ2) is 5.77. The third-order valence-electron chi connectivity index (χ3n) is 3.73. The molecule has 0 radical (unpaired) electrons. The Bertz CT molecular complexity index is 450. The Hall–Kier alpha value is -1.69. The van der Waals surface area contributed by atoms with Gasteiger partial charge in [0.25, 0.3) is 0 Å². The number of methoxy groups -OCH3 is 1. The van der Waals surface area contributed by atoms with Gasteiger partial charge in [-0.15, -0.1) is 0 Å². The summed E-state index contributed by atoms with van der Waals surface area (Å²) in [6.07, 6.45) is 3.91. The van der Waals surface area contributed by atoms with Crippen molar-refractivity contribution in [3.05, 3.63) is 23.8 Å². The molecule has 18 heavy (non-hydrogen) atoms. The maximum Gasteiger partial charge on any atom is 0.121 e. The molecule has 0 heterocycles. The van der Waals surface area contributed by atoms with E-state index in [4.69, 9.17) is 10.00 Å². The zero-order valence-corrected chi connectivity index (χ0v) is 11.1. The van der Waals surface area contributed by atoms with Gasteiger partial charge < -0.3 is 10.1 Å². The van der Waals surface area contributed by atoms with Gasteiger partial charge in [0.1, 0.15) is 11.8 Å². The predicted octanol–water partition coefficient (Wildman–Crippen LogP) is 3.41. The molecule has 0 aromatic heterocycles. The van der Waals surface area contributed by atoms with Crippen LogP contribution in [0.15, 0.2) is 18.2 Å². The van der Waals surface area contributed by atoms with Crippen LogP contribution in [0.25, 0.3) is 0 Å². The molecular formula is C15H20N2O. The first-order valence-corrected chi connectivity index (χ1v) is 6.55. The van der Waals surface area contributed by atoms with Crippen LogP contribution in [-0.4, -0.2) is 13.7 Å².